The molecule has 4 heteroatoms. The zero-order valence-electron chi connectivity index (χ0n) is 11.5. The number of nitrogens with zero attached hydrogens (tertiary/aromatic N) is 2. The summed E-state index contributed by atoms with van der Waals surface area (Å²) in [4.78, 5) is 17.7. The molecule has 1 aliphatic rings. The van der Waals surface area contributed by atoms with Gasteiger partial charge >= 0.3 is 5.97 Å². The number of pyridine rings is 1. The van der Waals surface area contributed by atoms with E-state index in [1.165, 1.54) is 12.0 Å². The summed E-state index contributed by atoms with van der Waals surface area (Å²) in [5, 5.41) is 9.57. The van der Waals surface area contributed by atoms with E-state index < -0.39 is 11.4 Å². The third kappa shape index (κ3) is 3.53. The van der Waals surface area contributed by atoms with Crippen molar-refractivity contribution >= 4 is 5.97 Å². The Labute approximate surface area is 114 Å². The Hall–Kier alpha value is -1.42. The first kappa shape index (κ1) is 14.0. The Balaban J connectivity index is 1.99. The molecule has 0 atom stereocenters. The molecular weight excluding hydrogens is 240 g/mol. The third-order valence-electron chi connectivity index (χ3n) is 4.04. The topological polar surface area (TPSA) is 53.4 Å². The van der Waals surface area contributed by atoms with Gasteiger partial charge in [-0.25, -0.2) is 0 Å². The smallest absolute Gasteiger partial charge is 0.310 e. The van der Waals surface area contributed by atoms with Crippen LogP contribution in [0.3, 0.4) is 0 Å². The van der Waals surface area contributed by atoms with Crippen molar-refractivity contribution in [3.63, 3.8) is 0 Å². The van der Waals surface area contributed by atoms with Gasteiger partial charge in [0.25, 0.3) is 0 Å². The van der Waals surface area contributed by atoms with Gasteiger partial charge in [0.05, 0.1) is 5.41 Å². The van der Waals surface area contributed by atoms with Crippen LogP contribution in [-0.4, -0.2) is 34.6 Å². The summed E-state index contributed by atoms with van der Waals surface area (Å²) in [6, 6.07) is 3.95. The number of hydrogen-bond acceptors (Lipinski definition) is 3. The van der Waals surface area contributed by atoms with E-state index in [1.54, 1.807) is 12.4 Å². The fourth-order valence-corrected chi connectivity index (χ4v) is 3.04. The van der Waals surface area contributed by atoms with Crippen molar-refractivity contribution in [2.75, 3.05) is 13.6 Å². The van der Waals surface area contributed by atoms with E-state index in [4.69, 9.17) is 0 Å². The summed E-state index contributed by atoms with van der Waals surface area (Å²) < 4.78 is 0. The van der Waals surface area contributed by atoms with E-state index in [-0.39, 0.29) is 0 Å². The summed E-state index contributed by atoms with van der Waals surface area (Å²) in [5.41, 5.74) is 0.633. The summed E-state index contributed by atoms with van der Waals surface area (Å²) >= 11 is 0. The second-order valence-electron chi connectivity index (χ2n) is 5.67. The number of carbonyl (C=O) groups is 1. The van der Waals surface area contributed by atoms with E-state index in [1.807, 2.05) is 19.2 Å². The maximum Gasteiger partial charge on any atom is 0.310 e. The SMILES string of the molecule is CN(Cc1ccncc1)CC1(C(=O)O)CCCCC1. The first-order valence-corrected chi connectivity index (χ1v) is 6.93. The van der Waals surface area contributed by atoms with Gasteiger partial charge in [0.1, 0.15) is 0 Å². The molecule has 0 spiro atoms. The molecule has 0 aromatic carbocycles. The lowest BCUT2D eigenvalue weighted by atomic mass is 9.73. The molecule has 1 aromatic rings. The molecule has 0 aliphatic heterocycles. The van der Waals surface area contributed by atoms with Crippen LogP contribution in [-0.2, 0) is 11.3 Å². The van der Waals surface area contributed by atoms with Gasteiger partial charge in [0.2, 0.25) is 0 Å². The van der Waals surface area contributed by atoms with Gasteiger partial charge in [-0.05, 0) is 37.6 Å². The van der Waals surface area contributed by atoms with Gasteiger partial charge in [-0.3, -0.25) is 9.78 Å². The van der Waals surface area contributed by atoms with Crippen LogP contribution in [0.2, 0.25) is 0 Å². The number of carboxylic acids is 1. The number of carboxylic acid groups (broad SMARTS) is 1. The largest absolute Gasteiger partial charge is 0.481 e. The quantitative estimate of drug-likeness (QED) is 0.886. The van der Waals surface area contributed by atoms with Crippen LogP contribution >= 0.6 is 0 Å². The van der Waals surface area contributed by atoms with Crippen molar-refractivity contribution < 1.29 is 9.90 Å². The molecule has 1 fully saturated rings. The molecule has 1 N–H and O–H groups in total. The number of hydrogen-bond donors (Lipinski definition) is 1. The first-order chi connectivity index (χ1) is 9.12. The molecule has 4 nitrogen and oxygen atoms in total. The lowest BCUT2D eigenvalue weighted by Crippen LogP contribution is -2.43. The zero-order chi connectivity index (χ0) is 13.7. The Bertz CT molecular complexity index is 413. The maximum atomic E-state index is 11.6. The predicted octanol–water partition coefficient (Wildman–Crippen LogP) is 2.55. The van der Waals surface area contributed by atoms with E-state index in [2.05, 4.69) is 9.88 Å². The van der Waals surface area contributed by atoms with Crippen molar-refractivity contribution in [2.45, 2.75) is 38.6 Å². The molecule has 1 saturated carbocycles. The van der Waals surface area contributed by atoms with Crippen LogP contribution in [0.15, 0.2) is 24.5 Å². The van der Waals surface area contributed by atoms with Gasteiger partial charge in [0.15, 0.2) is 0 Å². The minimum Gasteiger partial charge on any atom is -0.481 e. The molecule has 0 bridgehead atoms. The van der Waals surface area contributed by atoms with Crippen molar-refractivity contribution in [1.29, 1.82) is 0 Å². The van der Waals surface area contributed by atoms with E-state index in [0.29, 0.717) is 6.54 Å². The minimum absolute atomic E-state index is 0.542. The molecule has 2 rings (SSSR count). The van der Waals surface area contributed by atoms with Crippen LogP contribution in [0, 0.1) is 5.41 Å². The van der Waals surface area contributed by atoms with Gasteiger partial charge in [-0.1, -0.05) is 19.3 Å². The van der Waals surface area contributed by atoms with Gasteiger partial charge in [0, 0.05) is 25.5 Å². The fourth-order valence-electron chi connectivity index (χ4n) is 3.04. The highest BCUT2D eigenvalue weighted by Crippen LogP contribution is 2.37. The van der Waals surface area contributed by atoms with Crippen LogP contribution in [0.1, 0.15) is 37.7 Å². The van der Waals surface area contributed by atoms with Gasteiger partial charge < -0.3 is 10.0 Å². The zero-order valence-corrected chi connectivity index (χ0v) is 11.5. The Morgan fingerprint density at radius 3 is 2.53 bits per heavy atom. The summed E-state index contributed by atoms with van der Waals surface area (Å²) in [5.74, 6) is -0.631. The molecule has 1 heterocycles. The van der Waals surface area contributed by atoms with Crippen LogP contribution in [0.5, 0.6) is 0 Å². The van der Waals surface area contributed by atoms with Crippen LogP contribution in [0.25, 0.3) is 0 Å². The summed E-state index contributed by atoms with van der Waals surface area (Å²) in [6.45, 7) is 1.40. The fraction of sp³-hybridized carbons (Fsp3) is 0.600. The molecule has 19 heavy (non-hydrogen) atoms. The highest BCUT2D eigenvalue weighted by atomic mass is 16.4. The minimum atomic E-state index is -0.631. The van der Waals surface area contributed by atoms with E-state index in [9.17, 15) is 9.90 Å². The number of rotatable bonds is 5. The highest BCUT2D eigenvalue weighted by molar-refractivity contribution is 5.75. The molecule has 0 amide bonds. The molecular formula is C15H22N2O2. The molecule has 1 aliphatic carbocycles. The first-order valence-electron chi connectivity index (χ1n) is 6.93. The molecule has 0 unspecified atom stereocenters. The lowest BCUT2D eigenvalue weighted by molar-refractivity contribution is -0.152. The Kier molecular flexibility index (Phi) is 4.53. The summed E-state index contributed by atoms with van der Waals surface area (Å²) in [6.07, 6.45) is 8.41. The summed E-state index contributed by atoms with van der Waals surface area (Å²) in [7, 11) is 2.00. The molecule has 0 saturated heterocycles. The van der Waals surface area contributed by atoms with E-state index in [0.717, 1.165) is 32.2 Å². The van der Waals surface area contributed by atoms with Gasteiger partial charge in [-0.2, -0.15) is 0 Å². The predicted molar refractivity (Wildman–Crippen MR) is 73.7 cm³/mol. The third-order valence-corrected chi connectivity index (χ3v) is 4.04. The van der Waals surface area contributed by atoms with Crippen LogP contribution < -0.4 is 0 Å². The monoisotopic (exact) mass is 262 g/mol. The molecule has 0 radical (unpaired) electrons. The number of aliphatic carboxylic acids is 1. The van der Waals surface area contributed by atoms with Crippen molar-refractivity contribution in [3.8, 4) is 0 Å². The average Bonchev–Trinajstić information content (AvgIpc) is 2.40. The standard InChI is InChI=1S/C15H22N2O2/c1-17(11-13-5-9-16-10-6-13)12-15(14(18)19)7-3-2-4-8-15/h5-6,9-10H,2-4,7-8,11-12H2,1H3,(H,18,19). The highest BCUT2D eigenvalue weighted by Gasteiger charge is 2.40. The van der Waals surface area contributed by atoms with E-state index >= 15 is 0 Å². The molecule has 1 aromatic heterocycles. The second kappa shape index (κ2) is 6.15. The van der Waals surface area contributed by atoms with Crippen molar-refractivity contribution in [3.05, 3.63) is 30.1 Å². The van der Waals surface area contributed by atoms with Crippen molar-refractivity contribution in [1.82, 2.24) is 9.88 Å². The second-order valence-corrected chi connectivity index (χ2v) is 5.67. The Morgan fingerprint density at radius 2 is 1.95 bits per heavy atom. The number of aromatic nitrogens is 1. The Morgan fingerprint density at radius 1 is 1.32 bits per heavy atom. The van der Waals surface area contributed by atoms with Gasteiger partial charge in [-0.15, -0.1) is 0 Å². The lowest BCUT2D eigenvalue weighted by Gasteiger charge is -2.36. The van der Waals surface area contributed by atoms with Crippen LogP contribution in [0.4, 0.5) is 0 Å². The average molecular weight is 262 g/mol. The maximum absolute atomic E-state index is 11.6. The molecule has 104 valence electrons. The normalized spacial score (nSPS) is 18.4. The van der Waals surface area contributed by atoms with Crippen molar-refractivity contribution in [2.24, 2.45) is 5.41 Å².